The van der Waals surface area contributed by atoms with Crippen molar-refractivity contribution in [1.29, 1.82) is 0 Å². The maximum absolute atomic E-state index is 11.7. The summed E-state index contributed by atoms with van der Waals surface area (Å²) < 4.78 is 35.0. The van der Waals surface area contributed by atoms with Crippen molar-refractivity contribution in [2.75, 3.05) is 6.54 Å². The number of hydrogen-bond donors (Lipinski definition) is 0. The highest BCUT2D eigenvalue weighted by Gasteiger charge is 2.25. The number of hydrogen-bond acceptors (Lipinski definition) is 3. The molecule has 0 unspecified atom stereocenters. The summed E-state index contributed by atoms with van der Waals surface area (Å²) in [5.41, 5.74) is 0.458. The fourth-order valence-corrected chi connectivity index (χ4v) is 0.724. The van der Waals surface area contributed by atoms with Crippen LogP contribution in [0.25, 0.3) is 0 Å². The van der Waals surface area contributed by atoms with Gasteiger partial charge in [0.15, 0.2) is 0 Å². The SMILES string of the molecule is Cc1ncc(/C=N/CC(F)(F)F)cn1. The van der Waals surface area contributed by atoms with E-state index >= 15 is 0 Å². The Bertz CT molecular complexity index is 316. The van der Waals surface area contributed by atoms with Gasteiger partial charge in [-0.15, -0.1) is 0 Å². The molecule has 1 aromatic heterocycles. The van der Waals surface area contributed by atoms with E-state index < -0.39 is 12.7 Å². The van der Waals surface area contributed by atoms with E-state index in [1.807, 2.05) is 0 Å². The van der Waals surface area contributed by atoms with Crippen molar-refractivity contribution in [3.63, 3.8) is 0 Å². The molecule has 0 aliphatic heterocycles. The van der Waals surface area contributed by atoms with Gasteiger partial charge in [0.1, 0.15) is 12.4 Å². The van der Waals surface area contributed by atoms with Crippen LogP contribution in [0.1, 0.15) is 11.4 Å². The van der Waals surface area contributed by atoms with Gasteiger partial charge in [0.05, 0.1) is 0 Å². The molecule has 0 aromatic carbocycles. The van der Waals surface area contributed by atoms with Gasteiger partial charge in [-0.2, -0.15) is 13.2 Å². The normalized spacial score (nSPS) is 12.3. The van der Waals surface area contributed by atoms with Crippen LogP contribution in [-0.2, 0) is 0 Å². The molecule has 1 aromatic rings. The standard InChI is InChI=1S/C8H8F3N3/c1-6-13-3-7(4-14-6)2-12-5-8(9,10)11/h2-4H,5H2,1H3/b12-2+. The summed E-state index contributed by atoms with van der Waals surface area (Å²) in [6.07, 6.45) is -0.320. The fourth-order valence-electron chi connectivity index (χ4n) is 0.724. The third-order valence-electron chi connectivity index (χ3n) is 1.31. The van der Waals surface area contributed by atoms with Gasteiger partial charge < -0.3 is 0 Å². The highest BCUT2D eigenvalue weighted by molar-refractivity contribution is 5.78. The summed E-state index contributed by atoms with van der Waals surface area (Å²) in [5, 5.41) is 0. The third kappa shape index (κ3) is 3.97. The maximum Gasteiger partial charge on any atom is 0.407 e. The van der Waals surface area contributed by atoms with E-state index in [9.17, 15) is 13.2 Å². The predicted octanol–water partition coefficient (Wildman–Crippen LogP) is 1.77. The molecule has 0 saturated carbocycles. The Kier molecular flexibility index (Phi) is 3.16. The van der Waals surface area contributed by atoms with Gasteiger partial charge in [0.2, 0.25) is 0 Å². The summed E-state index contributed by atoms with van der Waals surface area (Å²) in [4.78, 5) is 10.8. The number of rotatable bonds is 2. The van der Waals surface area contributed by atoms with Crippen molar-refractivity contribution in [2.24, 2.45) is 4.99 Å². The zero-order chi connectivity index (χ0) is 10.6. The monoisotopic (exact) mass is 203 g/mol. The molecule has 0 aliphatic rings. The Balaban J connectivity index is 2.57. The number of aromatic nitrogens is 2. The van der Waals surface area contributed by atoms with Crippen LogP contribution < -0.4 is 0 Å². The van der Waals surface area contributed by atoms with Gasteiger partial charge in [-0.25, -0.2) is 9.97 Å². The lowest BCUT2D eigenvalue weighted by Crippen LogP contribution is -2.11. The smallest absolute Gasteiger partial charge is 0.283 e. The van der Waals surface area contributed by atoms with Crippen LogP contribution in [-0.4, -0.2) is 28.9 Å². The number of alkyl halides is 3. The molecule has 0 N–H and O–H groups in total. The Morgan fingerprint density at radius 2 is 1.93 bits per heavy atom. The zero-order valence-corrected chi connectivity index (χ0v) is 7.41. The van der Waals surface area contributed by atoms with E-state index in [0.717, 1.165) is 6.21 Å². The Morgan fingerprint density at radius 3 is 2.43 bits per heavy atom. The van der Waals surface area contributed by atoms with Crippen molar-refractivity contribution < 1.29 is 13.2 Å². The molecule has 0 spiro atoms. The van der Waals surface area contributed by atoms with Crippen LogP contribution in [0, 0.1) is 6.92 Å². The Morgan fingerprint density at radius 1 is 1.36 bits per heavy atom. The first-order valence-corrected chi connectivity index (χ1v) is 3.82. The van der Waals surface area contributed by atoms with Gasteiger partial charge in [0, 0.05) is 24.2 Å². The molecular weight excluding hydrogens is 195 g/mol. The van der Waals surface area contributed by atoms with Gasteiger partial charge in [-0.1, -0.05) is 0 Å². The molecule has 1 rings (SSSR count). The van der Waals surface area contributed by atoms with Crippen LogP contribution >= 0.6 is 0 Å². The average Bonchev–Trinajstić information content (AvgIpc) is 2.06. The van der Waals surface area contributed by atoms with Gasteiger partial charge >= 0.3 is 6.18 Å². The molecular formula is C8H8F3N3. The minimum absolute atomic E-state index is 0.458. The second kappa shape index (κ2) is 4.17. The van der Waals surface area contributed by atoms with Crippen molar-refractivity contribution >= 4 is 6.21 Å². The third-order valence-corrected chi connectivity index (χ3v) is 1.31. The van der Waals surface area contributed by atoms with Crippen molar-refractivity contribution in [3.05, 3.63) is 23.8 Å². The van der Waals surface area contributed by atoms with E-state index in [0.29, 0.717) is 11.4 Å². The summed E-state index contributed by atoms with van der Waals surface area (Å²) in [5.74, 6) is 0.568. The first kappa shape index (κ1) is 10.6. The van der Waals surface area contributed by atoms with E-state index in [1.54, 1.807) is 6.92 Å². The molecule has 0 aliphatic carbocycles. The quantitative estimate of drug-likeness (QED) is 0.687. The number of aliphatic imine (C=N–C) groups is 1. The molecule has 0 fully saturated rings. The highest BCUT2D eigenvalue weighted by atomic mass is 19.4. The summed E-state index contributed by atoms with van der Waals surface area (Å²) in [6, 6.07) is 0. The van der Waals surface area contributed by atoms with Crippen LogP contribution in [0.4, 0.5) is 13.2 Å². The van der Waals surface area contributed by atoms with Gasteiger partial charge in [0.25, 0.3) is 0 Å². The van der Waals surface area contributed by atoms with Crippen LogP contribution in [0.2, 0.25) is 0 Å². The Hall–Kier alpha value is -1.46. The lowest BCUT2D eigenvalue weighted by atomic mass is 10.4. The van der Waals surface area contributed by atoms with Crippen molar-refractivity contribution in [1.82, 2.24) is 9.97 Å². The fraction of sp³-hybridized carbons (Fsp3) is 0.375. The minimum atomic E-state index is -4.26. The van der Waals surface area contributed by atoms with Crippen LogP contribution in [0.5, 0.6) is 0 Å². The summed E-state index contributed by atoms with van der Waals surface area (Å²) >= 11 is 0. The first-order valence-electron chi connectivity index (χ1n) is 3.82. The van der Waals surface area contributed by atoms with Gasteiger partial charge in [-0.05, 0) is 6.92 Å². The molecule has 14 heavy (non-hydrogen) atoms. The highest BCUT2D eigenvalue weighted by Crippen LogP contribution is 2.14. The molecule has 6 heteroatoms. The van der Waals surface area contributed by atoms with Crippen molar-refractivity contribution in [3.8, 4) is 0 Å². The second-order valence-corrected chi connectivity index (χ2v) is 2.65. The van der Waals surface area contributed by atoms with Crippen molar-refractivity contribution in [2.45, 2.75) is 13.1 Å². The molecule has 0 bridgehead atoms. The Labute approximate surface area is 78.7 Å². The first-order chi connectivity index (χ1) is 6.47. The van der Waals surface area contributed by atoms with E-state index in [1.165, 1.54) is 12.4 Å². The van der Waals surface area contributed by atoms with Crippen LogP contribution in [0.3, 0.4) is 0 Å². The lowest BCUT2D eigenvalue weighted by Gasteiger charge is -1.99. The molecule has 3 nitrogen and oxygen atoms in total. The molecule has 0 atom stereocenters. The maximum atomic E-state index is 11.7. The van der Waals surface area contributed by atoms with E-state index in [-0.39, 0.29) is 0 Å². The molecule has 1 heterocycles. The predicted molar refractivity (Wildman–Crippen MR) is 45.3 cm³/mol. The van der Waals surface area contributed by atoms with Crippen LogP contribution in [0.15, 0.2) is 17.4 Å². The topological polar surface area (TPSA) is 38.1 Å². The molecule has 0 amide bonds. The van der Waals surface area contributed by atoms with E-state index in [2.05, 4.69) is 15.0 Å². The lowest BCUT2D eigenvalue weighted by molar-refractivity contribution is -0.118. The van der Waals surface area contributed by atoms with Gasteiger partial charge in [-0.3, -0.25) is 4.99 Å². The zero-order valence-electron chi connectivity index (χ0n) is 7.41. The largest absolute Gasteiger partial charge is 0.407 e. The average molecular weight is 203 g/mol. The molecule has 0 saturated heterocycles. The summed E-state index contributed by atoms with van der Waals surface area (Å²) in [6.45, 7) is 0.511. The number of halogens is 3. The molecule has 0 radical (unpaired) electrons. The number of nitrogens with zero attached hydrogens (tertiary/aromatic N) is 3. The number of aryl methyl sites for hydroxylation is 1. The summed E-state index contributed by atoms with van der Waals surface area (Å²) in [7, 11) is 0. The second-order valence-electron chi connectivity index (χ2n) is 2.65. The van der Waals surface area contributed by atoms with E-state index in [4.69, 9.17) is 0 Å². The minimum Gasteiger partial charge on any atom is -0.283 e. The molecule has 76 valence electrons.